The van der Waals surface area contributed by atoms with E-state index in [-0.39, 0.29) is 11.3 Å². The van der Waals surface area contributed by atoms with E-state index in [1.54, 1.807) is 13.1 Å². The van der Waals surface area contributed by atoms with Gasteiger partial charge < -0.3 is 10.6 Å². The number of thiazole rings is 1. The fraction of sp³-hybridized carbons (Fsp3) is 0.278. The molecule has 2 aromatic rings. The van der Waals surface area contributed by atoms with Gasteiger partial charge >= 0.3 is 0 Å². The molecule has 0 fully saturated rings. The van der Waals surface area contributed by atoms with E-state index in [1.165, 1.54) is 11.3 Å². The monoisotopic (exact) mass is 355 g/mol. The second-order valence-electron chi connectivity index (χ2n) is 6.44. The molecule has 6 nitrogen and oxygen atoms in total. The van der Waals surface area contributed by atoms with Gasteiger partial charge in [-0.25, -0.2) is 10.4 Å². The van der Waals surface area contributed by atoms with Crippen LogP contribution < -0.4 is 16.1 Å². The lowest BCUT2D eigenvalue weighted by Crippen LogP contribution is -2.23. The van der Waals surface area contributed by atoms with Crippen molar-refractivity contribution in [1.82, 2.24) is 10.4 Å². The van der Waals surface area contributed by atoms with Crippen LogP contribution in [0.3, 0.4) is 0 Å². The molecule has 1 aliphatic rings. The molecule has 0 unspecified atom stereocenters. The summed E-state index contributed by atoms with van der Waals surface area (Å²) >= 11 is 1.15. The van der Waals surface area contributed by atoms with Gasteiger partial charge in [0.05, 0.1) is 5.69 Å². The number of rotatable bonds is 3. The number of aryl methyl sites for hydroxylation is 1. The van der Waals surface area contributed by atoms with Gasteiger partial charge in [-0.05, 0) is 24.6 Å². The van der Waals surface area contributed by atoms with Crippen LogP contribution in [0.2, 0.25) is 0 Å². The highest BCUT2D eigenvalue weighted by molar-refractivity contribution is 7.17. The molecule has 0 aliphatic carbocycles. The van der Waals surface area contributed by atoms with Crippen molar-refractivity contribution < 1.29 is 4.79 Å². The number of carbonyl (C=O) groups excluding carboxylic acids is 1. The van der Waals surface area contributed by atoms with E-state index in [1.807, 2.05) is 19.2 Å². The number of hydrogen-bond acceptors (Lipinski definition) is 6. The summed E-state index contributed by atoms with van der Waals surface area (Å²) in [7, 11) is 2.04. The number of para-hydroxylation sites is 1. The van der Waals surface area contributed by atoms with Gasteiger partial charge in [-0.2, -0.15) is 5.10 Å². The van der Waals surface area contributed by atoms with Crippen molar-refractivity contribution >= 4 is 34.3 Å². The lowest BCUT2D eigenvalue weighted by Gasteiger charge is -2.23. The summed E-state index contributed by atoms with van der Waals surface area (Å²) < 4.78 is 0. The maximum Gasteiger partial charge on any atom is 0.283 e. The molecular formula is C18H21N5OS. The summed E-state index contributed by atoms with van der Waals surface area (Å²) in [5, 5.41) is 4.41. The number of nitrogens with one attached hydrogen (secondary N) is 1. The minimum atomic E-state index is -0.302. The Morgan fingerprint density at radius 1 is 1.40 bits per heavy atom. The first kappa shape index (κ1) is 17.2. The molecule has 7 heteroatoms. The topological polar surface area (TPSA) is 83.6 Å². The molecule has 0 radical (unpaired) electrons. The molecule has 1 aromatic heterocycles. The SMILES string of the molecule is Cc1nc(N)sc1C(=O)N/N=C/C=C1\N(C)c2ccccc2C1(C)C. The molecule has 0 saturated carbocycles. The maximum atomic E-state index is 12.1. The van der Waals surface area contributed by atoms with Crippen molar-refractivity contribution in [3.63, 3.8) is 0 Å². The zero-order valence-electron chi connectivity index (χ0n) is 14.7. The zero-order chi connectivity index (χ0) is 18.2. The minimum absolute atomic E-state index is 0.121. The Bertz CT molecular complexity index is 881. The van der Waals surface area contributed by atoms with Gasteiger partial charge in [0.25, 0.3) is 5.91 Å². The van der Waals surface area contributed by atoms with Gasteiger partial charge in [-0.15, -0.1) is 0 Å². The van der Waals surface area contributed by atoms with Crippen molar-refractivity contribution in [3.8, 4) is 0 Å². The summed E-state index contributed by atoms with van der Waals surface area (Å²) in [5.41, 5.74) is 12.2. The third kappa shape index (κ3) is 3.02. The van der Waals surface area contributed by atoms with Gasteiger partial charge in [-0.3, -0.25) is 4.79 Å². The molecule has 0 bridgehead atoms. The van der Waals surface area contributed by atoms with Crippen molar-refractivity contribution in [2.75, 3.05) is 17.7 Å². The Morgan fingerprint density at radius 2 is 2.12 bits per heavy atom. The van der Waals surface area contributed by atoms with Crippen LogP contribution in [0.4, 0.5) is 10.8 Å². The first-order valence-corrected chi connectivity index (χ1v) is 8.74. The van der Waals surface area contributed by atoms with E-state index in [4.69, 9.17) is 5.73 Å². The van der Waals surface area contributed by atoms with Gasteiger partial charge in [0.15, 0.2) is 5.13 Å². The molecule has 1 aliphatic heterocycles. The van der Waals surface area contributed by atoms with E-state index in [0.29, 0.717) is 15.7 Å². The molecule has 3 N–H and O–H groups in total. The number of allylic oxidation sites excluding steroid dienone is 2. The van der Waals surface area contributed by atoms with E-state index in [0.717, 1.165) is 17.0 Å². The number of benzene rings is 1. The van der Waals surface area contributed by atoms with Crippen LogP contribution in [0.15, 0.2) is 41.1 Å². The summed E-state index contributed by atoms with van der Waals surface area (Å²) in [6, 6.07) is 8.33. The van der Waals surface area contributed by atoms with Crippen molar-refractivity contribution in [2.45, 2.75) is 26.2 Å². The van der Waals surface area contributed by atoms with Gasteiger partial charge in [-0.1, -0.05) is 43.4 Å². The second kappa shape index (κ2) is 6.33. The van der Waals surface area contributed by atoms with Gasteiger partial charge in [0.2, 0.25) is 0 Å². The van der Waals surface area contributed by atoms with E-state index in [9.17, 15) is 4.79 Å². The van der Waals surface area contributed by atoms with Crippen LogP contribution in [0.5, 0.6) is 0 Å². The molecule has 3 rings (SSSR count). The Hall–Kier alpha value is -2.67. The number of fused-ring (bicyclic) bond motifs is 1. The normalized spacial score (nSPS) is 17.3. The van der Waals surface area contributed by atoms with Crippen LogP contribution >= 0.6 is 11.3 Å². The molecule has 1 amide bonds. The summed E-state index contributed by atoms with van der Waals surface area (Å²) in [5.74, 6) is -0.302. The third-order valence-corrected chi connectivity index (χ3v) is 5.42. The largest absolute Gasteiger partial charge is 0.375 e. The average Bonchev–Trinajstić information content (AvgIpc) is 3.00. The van der Waals surface area contributed by atoms with E-state index in [2.05, 4.69) is 52.5 Å². The molecule has 25 heavy (non-hydrogen) atoms. The minimum Gasteiger partial charge on any atom is -0.375 e. The number of hydrogen-bond donors (Lipinski definition) is 2. The second-order valence-corrected chi connectivity index (χ2v) is 7.47. The van der Waals surface area contributed by atoms with Gasteiger partial charge in [0, 0.05) is 30.1 Å². The van der Waals surface area contributed by atoms with E-state index < -0.39 is 0 Å². The number of likely N-dealkylation sites (N-methyl/N-ethyl adjacent to an activating group) is 1. The number of aromatic nitrogens is 1. The quantitative estimate of drug-likeness (QED) is 0.655. The summed E-state index contributed by atoms with van der Waals surface area (Å²) in [6.45, 7) is 6.11. The molecule has 0 saturated heterocycles. The number of hydrazone groups is 1. The molecule has 1 aromatic carbocycles. The zero-order valence-corrected chi connectivity index (χ0v) is 15.5. The van der Waals surface area contributed by atoms with Crippen LogP contribution in [0, 0.1) is 6.92 Å². The molecule has 2 heterocycles. The highest BCUT2D eigenvalue weighted by atomic mass is 32.1. The van der Waals surface area contributed by atoms with Crippen molar-refractivity contribution in [2.24, 2.45) is 5.10 Å². The lowest BCUT2D eigenvalue weighted by molar-refractivity contribution is 0.0958. The maximum absolute atomic E-state index is 12.1. The van der Waals surface area contributed by atoms with Crippen LogP contribution in [0.25, 0.3) is 0 Å². The standard InChI is InChI=1S/C18H21N5OS/c1-11-15(25-17(19)21-11)16(24)22-20-10-9-14-18(2,3)12-7-5-6-8-13(12)23(14)4/h5-10H,1-4H3,(H2,19,21)(H,22,24)/b14-9-,20-10+. The fourth-order valence-electron chi connectivity index (χ4n) is 3.18. The highest BCUT2D eigenvalue weighted by Crippen LogP contribution is 2.46. The third-order valence-electron chi connectivity index (χ3n) is 4.43. The van der Waals surface area contributed by atoms with Crippen LogP contribution in [-0.4, -0.2) is 24.2 Å². The molecule has 130 valence electrons. The van der Waals surface area contributed by atoms with Crippen LogP contribution in [0.1, 0.15) is 34.8 Å². The Balaban J connectivity index is 1.75. The number of anilines is 2. The Kier molecular flexibility index (Phi) is 4.34. The first-order chi connectivity index (χ1) is 11.8. The molecule has 0 spiro atoms. The number of nitrogens with two attached hydrogens (primary N) is 1. The fourth-order valence-corrected chi connectivity index (χ4v) is 3.91. The predicted octanol–water partition coefficient (Wildman–Crippen LogP) is 3.06. The summed E-state index contributed by atoms with van der Waals surface area (Å²) in [4.78, 5) is 18.8. The average molecular weight is 355 g/mol. The number of amides is 1. The van der Waals surface area contributed by atoms with Gasteiger partial charge in [0.1, 0.15) is 4.88 Å². The number of nitrogens with zero attached hydrogens (tertiary/aromatic N) is 3. The van der Waals surface area contributed by atoms with E-state index >= 15 is 0 Å². The van der Waals surface area contributed by atoms with Crippen LogP contribution in [-0.2, 0) is 5.41 Å². The summed E-state index contributed by atoms with van der Waals surface area (Å²) in [6.07, 6.45) is 3.53. The lowest BCUT2D eigenvalue weighted by atomic mass is 9.84. The Morgan fingerprint density at radius 3 is 2.76 bits per heavy atom. The smallest absolute Gasteiger partial charge is 0.283 e. The van der Waals surface area contributed by atoms with Crippen molar-refractivity contribution in [3.05, 3.63) is 52.2 Å². The highest BCUT2D eigenvalue weighted by Gasteiger charge is 2.37. The Labute approximate surface area is 151 Å². The first-order valence-electron chi connectivity index (χ1n) is 7.92. The van der Waals surface area contributed by atoms with Crippen molar-refractivity contribution in [1.29, 1.82) is 0 Å². The predicted molar refractivity (Wildman–Crippen MR) is 103 cm³/mol. The number of carbonyl (C=O) groups is 1. The molecular weight excluding hydrogens is 334 g/mol. The molecule has 0 atom stereocenters. The number of nitrogen functional groups attached to an aromatic ring is 1.